The summed E-state index contributed by atoms with van der Waals surface area (Å²) in [5, 5.41) is 0. The highest BCUT2D eigenvalue weighted by Crippen LogP contribution is 2.29. The molecule has 0 saturated heterocycles. The van der Waals surface area contributed by atoms with Gasteiger partial charge in [-0.15, -0.1) is 11.3 Å². The number of imidazole rings is 1. The molecule has 1 aliphatic rings. The van der Waals surface area contributed by atoms with Gasteiger partial charge in [-0.1, -0.05) is 0 Å². The molecule has 80 valence electrons. The number of aryl methyl sites for hydroxylation is 2. The zero-order valence-electron chi connectivity index (χ0n) is 8.70. The Bertz CT molecular complexity index is 483. The standard InChI is InChI=1S/C11H15N3S/c12-6-5-8-7-14-9-3-1-2-4-10(9)15-11(14)13-8/h7H,1-6,12H2. The Morgan fingerprint density at radius 1 is 1.40 bits per heavy atom. The van der Waals surface area contributed by atoms with Crippen molar-refractivity contribution in [2.24, 2.45) is 5.73 Å². The fraction of sp³-hybridized carbons (Fsp3) is 0.545. The second-order valence-corrected chi connectivity index (χ2v) is 5.16. The van der Waals surface area contributed by atoms with E-state index in [1.807, 2.05) is 11.3 Å². The van der Waals surface area contributed by atoms with E-state index < -0.39 is 0 Å². The summed E-state index contributed by atoms with van der Waals surface area (Å²) in [7, 11) is 0. The van der Waals surface area contributed by atoms with Crippen LogP contribution in [0.15, 0.2) is 6.20 Å². The fourth-order valence-corrected chi connectivity index (χ4v) is 3.49. The molecule has 3 nitrogen and oxygen atoms in total. The highest BCUT2D eigenvalue weighted by molar-refractivity contribution is 7.17. The van der Waals surface area contributed by atoms with Crippen LogP contribution in [0.4, 0.5) is 0 Å². The van der Waals surface area contributed by atoms with E-state index in [-0.39, 0.29) is 0 Å². The lowest BCUT2D eigenvalue weighted by Gasteiger charge is -2.09. The van der Waals surface area contributed by atoms with Crippen LogP contribution in [0, 0.1) is 0 Å². The van der Waals surface area contributed by atoms with Gasteiger partial charge in [0.1, 0.15) is 0 Å². The molecule has 2 heterocycles. The second-order valence-electron chi connectivity index (χ2n) is 4.10. The minimum absolute atomic E-state index is 0.688. The van der Waals surface area contributed by atoms with E-state index in [9.17, 15) is 0 Å². The zero-order valence-corrected chi connectivity index (χ0v) is 9.52. The van der Waals surface area contributed by atoms with Gasteiger partial charge in [0.25, 0.3) is 0 Å². The third-order valence-corrected chi connectivity index (χ3v) is 4.18. The first-order chi connectivity index (χ1) is 7.38. The highest BCUT2D eigenvalue weighted by atomic mass is 32.1. The van der Waals surface area contributed by atoms with Crippen molar-refractivity contribution in [3.63, 3.8) is 0 Å². The lowest BCUT2D eigenvalue weighted by Crippen LogP contribution is -2.03. The second kappa shape index (κ2) is 3.61. The van der Waals surface area contributed by atoms with Crippen LogP contribution in [0.25, 0.3) is 4.96 Å². The first kappa shape index (κ1) is 9.36. The summed E-state index contributed by atoms with van der Waals surface area (Å²) in [6.45, 7) is 0.688. The number of nitrogens with zero attached hydrogens (tertiary/aromatic N) is 2. The lowest BCUT2D eigenvalue weighted by atomic mass is 10.0. The van der Waals surface area contributed by atoms with Gasteiger partial charge in [0.2, 0.25) is 0 Å². The van der Waals surface area contributed by atoms with Crippen LogP contribution < -0.4 is 5.73 Å². The maximum Gasteiger partial charge on any atom is 0.194 e. The van der Waals surface area contributed by atoms with Crippen molar-refractivity contribution in [1.82, 2.24) is 9.38 Å². The molecular formula is C11H15N3S. The minimum Gasteiger partial charge on any atom is -0.330 e. The van der Waals surface area contributed by atoms with E-state index in [4.69, 9.17) is 5.73 Å². The Morgan fingerprint density at radius 2 is 2.27 bits per heavy atom. The highest BCUT2D eigenvalue weighted by Gasteiger charge is 2.17. The first-order valence-electron chi connectivity index (χ1n) is 5.57. The quantitative estimate of drug-likeness (QED) is 0.840. The van der Waals surface area contributed by atoms with Crippen LogP contribution in [0.5, 0.6) is 0 Å². The molecule has 2 aromatic rings. The SMILES string of the molecule is NCCc1cn2c3c(sc2n1)CCCC3. The Labute approximate surface area is 92.9 Å². The molecule has 15 heavy (non-hydrogen) atoms. The van der Waals surface area contributed by atoms with Crippen LogP contribution >= 0.6 is 11.3 Å². The van der Waals surface area contributed by atoms with Crippen molar-refractivity contribution in [2.75, 3.05) is 6.54 Å². The van der Waals surface area contributed by atoms with Gasteiger partial charge in [0.15, 0.2) is 4.96 Å². The third kappa shape index (κ3) is 1.48. The van der Waals surface area contributed by atoms with Gasteiger partial charge in [0, 0.05) is 23.2 Å². The molecule has 3 rings (SSSR count). The van der Waals surface area contributed by atoms with Crippen molar-refractivity contribution in [1.29, 1.82) is 0 Å². The molecule has 0 spiro atoms. The van der Waals surface area contributed by atoms with E-state index >= 15 is 0 Å². The van der Waals surface area contributed by atoms with E-state index in [0.717, 1.165) is 17.1 Å². The number of hydrogen-bond acceptors (Lipinski definition) is 3. The van der Waals surface area contributed by atoms with Crippen molar-refractivity contribution < 1.29 is 0 Å². The van der Waals surface area contributed by atoms with Crippen molar-refractivity contribution in [2.45, 2.75) is 32.1 Å². The summed E-state index contributed by atoms with van der Waals surface area (Å²) in [5.41, 5.74) is 8.18. The predicted octanol–water partition coefficient (Wildman–Crippen LogP) is 1.78. The molecular weight excluding hydrogens is 206 g/mol. The third-order valence-electron chi connectivity index (χ3n) is 3.02. The van der Waals surface area contributed by atoms with Gasteiger partial charge in [-0.25, -0.2) is 4.98 Å². The molecule has 0 amide bonds. The average Bonchev–Trinajstić information content (AvgIpc) is 2.75. The smallest absolute Gasteiger partial charge is 0.194 e. The summed E-state index contributed by atoms with van der Waals surface area (Å²) >= 11 is 1.86. The molecule has 0 atom stereocenters. The normalized spacial score (nSPS) is 15.8. The van der Waals surface area contributed by atoms with Gasteiger partial charge < -0.3 is 5.73 Å². The largest absolute Gasteiger partial charge is 0.330 e. The summed E-state index contributed by atoms with van der Waals surface area (Å²) in [6, 6.07) is 0. The number of fused-ring (bicyclic) bond motifs is 3. The molecule has 4 heteroatoms. The molecule has 0 radical (unpaired) electrons. The Morgan fingerprint density at radius 3 is 3.13 bits per heavy atom. The number of hydrogen-bond donors (Lipinski definition) is 1. The van der Waals surface area contributed by atoms with E-state index in [1.165, 1.54) is 31.4 Å². The molecule has 0 bridgehead atoms. The fourth-order valence-electron chi connectivity index (χ4n) is 2.28. The van der Waals surface area contributed by atoms with Crippen molar-refractivity contribution in [3.8, 4) is 0 Å². The van der Waals surface area contributed by atoms with Crippen LogP contribution in [-0.4, -0.2) is 15.9 Å². The van der Waals surface area contributed by atoms with E-state index in [2.05, 4.69) is 15.6 Å². The molecule has 2 aromatic heterocycles. The first-order valence-corrected chi connectivity index (χ1v) is 6.38. The number of rotatable bonds is 2. The van der Waals surface area contributed by atoms with Gasteiger partial charge in [-0.2, -0.15) is 0 Å². The minimum atomic E-state index is 0.688. The van der Waals surface area contributed by atoms with Gasteiger partial charge in [-0.3, -0.25) is 4.40 Å². The van der Waals surface area contributed by atoms with Crippen molar-refractivity contribution >= 4 is 16.3 Å². The van der Waals surface area contributed by atoms with Gasteiger partial charge in [0.05, 0.1) is 5.69 Å². The Hall–Kier alpha value is -0.870. The molecule has 0 fully saturated rings. The molecule has 0 unspecified atom stereocenters. The number of aromatic nitrogens is 2. The molecule has 1 aliphatic carbocycles. The number of nitrogens with two attached hydrogens (primary N) is 1. The maximum absolute atomic E-state index is 5.54. The van der Waals surface area contributed by atoms with Crippen molar-refractivity contribution in [3.05, 3.63) is 22.5 Å². The maximum atomic E-state index is 5.54. The zero-order chi connectivity index (χ0) is 10.3. The van der Waals surface area contributed by atoms with Crippen LogP contribution in [0.1, 0.15) is 29.1 Å². The van der Waals surface area contributed by atoms with Crippen LogP contribution in [0.2, 0.25) is 0 Å². The molecule has 0 aromatic carbocycles. The van der Waals surface area contributed by atoms with E-state index in [0.29, 0.717) is 6.54 Å². The Balaban J connectivity index is 2.09. The summed E-state index contributed by atoms with van der Waals surface area (Å²) in [5.74, 6) is 0. The summed E-state index contributed by atoms with van der Waals surface area (Å²) in [6.07, 6.45) is 8.19. The van der Waals surface area contributed by atoms with Gasteiger partial charge >= 0.3 is 0 Å². The van der Waals surface area contributed by atoms with Crippen LogP contribution in [0.3, 0.4) is 0 Å². The number of thiazole rings is 1. The lowest BCUT2D eigenvalue weighted by molar-refractivity contribution is 0.674. The van der Waals surface area contributed by atoms with Crippen LogP contribution in [-0.2, 0) is 19.3 Å². The average molecular weight is 221 g/mol. The summed E-state index contributed by atoms with van der Waals surface area (Å²) in [4.78, 5) is 7.31. The van der Waals surface area contributed by atoms with E-state index in [1.54, 1.807) is 4.88 Å². The predicted molar refractivity (Wildman–Crippen MR) is 62.5 cm³/mol. The van der Waals surface area contributed by atoms with Gasteiger partial charge in [-0.05, 0) is 32.2 Å². The Kier molecular flexibility index (Phi) is 2.25. The monoisotopic (exact) mass is 221 g/mol. The molecule has 0 aliphatic heterocycles. The summed E-state index contributed by atoms with van der Waals surface area (Å²) < 4.78 is 2.28. The topological polar surface area (TPSA) is 43.3 Å². The molecule has 0 saturated carbocycles. The molecule has 2 N–H and O–H groups in total.